The van der Waals surface area contributed by atoms with Crippen LogP contribution in [0.4, 0.5) is 14.4 Å². The maximum atomic E-state index is 13.1. The molecule has 18 heteroatoms. The fraction of sp³-hybridized carbons (Fsp3) is 0.655. The van der Waals surface area contributed by atoms with Crippen LogP contribution in [0.5, 0.6) is 0 Å². The molecule has 73 heavy (non-hydrogen) atoms. The average molecular weight is 1000 g/mol. The van der Waals surface area contributed by atoms with E-state index in [0.717, 1.165) is 71.7 Å². The quantitative estimate of drug-likeness (QED) is 0.0904. The number of ether oxygens (including phenoxy) is 3. The number of hydrogen-bond acceptors (Lipinski definition) is 13. The topological polar surface area (TPSA) is 181 Å². The third kappa shape index (κ3) is 9.33. The second-order valence-electron chi connectivity index (χ2n) is 24.9. The normalized spacial score (nSPS) is 32.8. The predicted molar refractivity (Wildman–Crippen MR) is 274 cm³/mol. The summed E-state index contributed by atoms with van der Waals surface area (Å²) in [6.45, 7) is 21.3. The maximum absolute atomic E-state index is 13.1. The van der Waals surface area contributed by atoms with Gasteiger partial charge in [0.05, 0.1) is 53.9 Å². The van der Waals surface area contributed by atoms with E-state index in [1.165, 1.54) is 6.42 Å². The van der Waals surface area contributed by atoms with Gasteiger partial charge in [0, 0.05) is 23.4 Å². The van der Waals surface area contributed by atoms with Crippen molar-refractivity contribution in [1.82, 2.24) is 20.9 Å². The largest absolute Gasteiger partial charge is 0.482 e. The molecule has 2 aromatic carbocycles. The number of nitrogens with zero attached hydrogens (tertiary/aromatic N) is 1. The highest BCUT2D eigenvalue weighted by molar-refractivity contribution is 6.48. The van der Waals surface area contributed by atoms with Gasteiger partial charge in [-0.25, -0.2) is 14.4 Å². The molecular weight excluding hydrogens is 930 g/mol. The summed E-state index contributed by atoms with van der Waals surface area (Å²) in [5.41, 5.74) is 2.79. The standard InChI is InChI=1S/C30H41BN2O7.C25H33BN2O5/c1-28(2,3)38-27(35)33-12-11-20(33)17-37-26(34)32-25(13-18-16-36-22-10-8-7-9-21(18)22)31-39-24-15-19-14-23(29(19,4)5)30(24,6)40-31;1-24(2)16-11-20(24)25(3)21(12-16)32-26(33-25)22(28-23(29)31-14-17-8-9-27-17)10-15-13-30-19-7-5-4-6-18(15)19/h7-10,16,19-20,23-25H,11-15,17H2,1-6H3,(H,32,34);4-7,13,16-17,20-22,27H,8-12,14H2,1-3H3,(H,28,29)/t19-,20+,23-,24+,25-,30-;16-,17+,20-,21+,22-,25-/m00/s1. The Morgan fingerprint density at radius 2 is 1.19 bits per heavy atom. The predicted octanol–water partition coefficient (Wildman–Crippen LogP) is 9.05. The highest BCUT2D eigenvalue weighted by Gasteiger charge is 2.70. The van der Waals surface area contributed by atoms with Crippen molar-refractivity contribution in [2.24, 2.45) is 34.5 Å². The number of hydrogen-bond donors (Lipinski definition) is 3. The fourth-order valence-corrected chi connectivity index (χ4v) is 13.8. The SMILES string of the molecule is CC(C)(C)OC(=O)N1CC[C@@H]1COC(=O)N[C@@H](Cc1coc2ccccc12)B1O[C@@H]2C[C@@H]3C[C@@H](C3(C)C)[C@]2(C)O1.CC1(C)[C@@H]2C[C@H]3OB([C@H](Cc4coc5ccccc45)NC(=O)OC[C@H]4CCN4)O[C@@]3(C)[C@H]1C2. The van der Waals surface area contributed by atoms with Crippen molar-refractivity contribution in [2.45, 2.75) is 167 Å². The van der Waals surface area contributed by atoms with Crippen molar-refractivity contribution in [3.8, 4) is 0 Å². The van der Waals surface area contributed by atoms with Gasteiger partial charge in [-0.15, -0.1) is 0 Å². The van der Waals surface area contributed by atoms with Crippen LogP contribution in [0.25, 0.3) is 21.9 Å². The second kappa shape index (κ2) is 18.8. The first kappa shape index (κ1) is 50.4. The van der Waals surface area contributed by atoms with E-state index >= 15 is 0 Å². The minimum absolute atomic E-state index is 0.00643. The van der Waals surface area contributed by atoms with E-state index in [1.54, 1.807) is 17.4 Å². The Balaban J connectivity index is 0.000000160. The molecule has 0 radical (unpaired) electrons. The smallest absolute Gasteiger partial charge is 0.464 e. The molecule has 4 saturated heterocycles. The molecular formula is C55H74B2N4O12. The second-order valence-corrected chi connectivity index (χ2v) is 24.9. The zero-order valence-corrected chi connectivity index (χ0v) is 44.0. The number of amides is 3. The highest BCUT2D eigenvalue weighted by Crippen LogP contribution is 2.67. The fourth-order valence-electron chi connectivity index (χ4n) is 13.8. The van der Waals surface area contributed by atoms with Gasteiger partial charge >= 0.3 is 32.5 Å². The molecule has 0 unspecified atom stereocenters. The maximum Gasteiger partial charge on any atom is 0.482 e. The van der Waals surface area contributed by atoms with Crippen LogP contribution in [-0.4, -0.2) is 117 Å². The molecule has 16 nitrogen and oxygen atoms in total. The van der Waals surface area contributed by atoms with Gasteiger partial charge in [0.2, 0.25) is 0 Å². The van der Waals surface area contributed by atoms with Crippen molar-refractivity contribution >= 4 is 54.5 Å². The molecule has 14 rings (SSSR count). The van der Waals surface area contributed by atoms with Gasteiger partial charge in [-0.05, 0) is 150 Å². The van der Waals surface area contributed by atoms with Crippen LogP contribution in [0.2, 0.25) is 0 Å². The number of likely N-dealkylation sites (tertiary alicyclic amines) is 1. The zero-order chi connectivity index (χ0) is 51.2. The van der Waals surface area contributed by atoms with Crippen LogP contribution in [0.15, 0.2) is 69.9 Å². The molecule has 10 aliphatic rings. The average Bonchev–Trinajstić information content (AvgIpc) is 4.09. The van der Waals surface area contributed by atoms with Crippen molar-refractivity contribution < 1.29 is 56.0 Å². The van der Waals surface area contributed by atoms with E-state index in [4.69, 9.17) is 41.7 Å². The number of carbonyl (C=O) groups excluding carboxylic acids is 3. The Morgan fingerprint density at radius 1 is 0.712 bits per heavy atom. The van der Waals surface area contributed by atoms with Gasteiger partial charge in [0.25, 0.3) is 0 Å². The Morgan fingerprint density at radius 3 is 1.62 bits per heavy atom. The molecule has 2 aromatic heterocycles. The van der Waals surface area contributed by atoms with Crippen LogP contribution in [-0.2, 0) is 45.7 Å². The van der Waals surface area contributed by atoms with Gasteiger partial charge in [-0.3, -0.25) is 0 Å². The molecule has 3 N–H and O–H groups in total. The first-order chi connectivity index (χ1) is 34.7. The first-order valence-corrected chi connectivity index (χ1v) is 26.9. The first-order valence-electron chi connectivity index (χ1n) is 26.9. The lowest BCUT2D eigenvalue weighted by atomic mass is 9.43. The summed E-state index contributed by atoms with van der Waals surface area (Å²) in [7, 11) is -1.15. The molecule has 3 amide bonds. The molecule has 12 atom stereocenters. The Bertz CT molecular complexity index is 2700. The molecule has 0 spiro atoms. The highest BCUT2D eigenvalue weighted by atomic mass is 16.7. The summed E-state index contributed by atoms with van der Waals surface area (Å²) in [5.74, 6) is 1.31. The molecule has 6 heterocycles. The number of fused-ring (bicyclic) bond motifs is 2. The number of nitrogens with one attached hydrogen (secondary N) is 3. The van der Waals surface area contributed by atoms with Crippen molar-refractivity contribution in [2.75, 3.05) is 26.3 Å². The zero-order valence-electron chi connectivity index (χ0n) is 44.0. The van der Waals surface area contributed by atoms with E-state index in [-0.39, 0.29) is 59.4 Å². The van der Waals surface area contributed by atoms with Crippen molar-refractivity contribution in [3.05, 3.63) is 72.2 Å². The summed E-state index contributed by atoms with van der Waals surface area (Å²) in [6.07, 6.45) is 9.28. The molecule has 4 bridgehead atoms. The van der Waals surface area contributed by atoms with E-state index in [1.807, 2.05) is 69.3 Å². The van der Waals surface area contributed by atoms with E-state index in [0.29, 0.717) is 49.7 Å². The number of furan rings is 2. The summed E-state index contributed by atoms with van der Waals surface area (Å²) < 4.78 is 54.6. The Labute approximate surface area is 429 Å². The van der Waals surface area contributed by atoms with Gasteiger partial charge in [-0.1, -0.05) is 64.1 Å². The van der Waals surface area contributed by atoms with Crippen LogP contribution in [0, 0.1) is 34.5 Å². The molecule has 4 aromatic rings. The number of carbonyl (C=O) groups is 3. The van der Waals surface area contributed by atoms with Gasteiger partial charge in [0.1, 0.15) is 30.0 Å². The minimum atomic E-state index is -0.617. The molecule has 6 saturated carbocycles. The molecule has 4 aliphatic heterocycles. The molecule has 10 fully saturated rings. The van der Waals surface area contributed by atoms with E-state index < -0.39 is 43.6 Å². The van der Waals surface area contributed by atoms with Crippen molar-refractivity contribution in [3.63, 3.8) is 0 Å². The van der Waals surface area contributed by atoms with E-state index in [2.05, 4.69) is 57.5 Å². The number of benzene rings is 2. The van der Waals surface area contributed by atoms with Gasteiger partial charge in [-0.2, -0.15) is 0 Å². The number of para-hydroxylation sites is 2. The van der Waals surface area contributed by atoms with Gasteiger partial charge < -0.3 is 62.5 Å². The summed E-state index contributed by atoms with van der Waals surface area (Å²) >= 11 is 0. The number of rotatable bonds is 12. The monoisotopic (exact) mass is 1000 g/mol. The van der Waals surface area contributed by atoms with E-state index in [9.17, 15) is 14.4 Å². The van der Waals surface area contributed by atoms with Crippen LogP contribution < -0.4 is 16.0 Å². The lowest BCUT2D eigenvalue weighted by molar-refractivity contribution is -0.199. The summed E-state index contributed by atoms with van der Waals surface area (Å²) in [5, 5.41) is 11.4. The summed E-state index contributed by atoms with van der Waals surface area (Å²) in [4.78, 5) is 39.9. The third-order valence-corrected chi connectivity index (χ3v) is 18.7. The minimum Gasteiger partial charge on any atom is -0.464 e. The van der Waals surface area contributed by atoms with Crippen LogP contribution in [0.1, 0.15) is 112 Å². The molecule has 392 valence electrons. The van der Waals surface area contributed by atoms with Crippen LogP contribution in [0.3, 0.4) is 0 Å². The van der Waals surface area contributed by atoms with Crippen molar-refractivity contribution in [1.29, 1.82) is 0 Å². The third-order valence-electron chi connectivity index (χ3n) is 18.7. The Kier molecular flexibility index (Phi) is 13.0. The lowest BCUT2D eigenvalue weighted by Gasteiger charge is -2.64. The Hall–Kier alpha value is -4.74. The summed E-state index contributed by atoms with van der Waals surface area (Å²) in [6, 6.07) is 15.9. The van der Waals surface area contributed by atoms with Crippen LogP contribution >= 0.6 is 0 Å². The van der Waals surface area contributed by atoms with Gasteiger partial charge in [0.15, 0.2) is 0 Å². The lowest BCUT2D eigenvalue weighted by Crippen LogP contribution is -2.65. The molecule has 6 aliphatic carbocycles. The number of alkyl carbamates (subject to hydrolysis) is 2.